The lowest BCUT2D eigenvalue weighted by molar-refractivity contribution is 0.169. The van der Waals surface area contributed by atoms with E-state index in [0.29, 0.717) is 17.2 Å². The molecule has 0 spiro atoms. The zero-order valence-electron chi connectivity index (χ0n) is 9.89. The lowest BCUT2D eigenvalue weighted by atomic mass is 10.1. The van der Waals surface area contributed by atoms with Gasteiger partial charge in [0.25, 0.3) is 0 Å². The molecule has 4 nitrogen and oxygen atoms in total. The molecule has 2 atom stereocenters. The van der Waals surface area contributed by atoms with Gasteiger partial charge in [-0.05, 0) is 20.9 Å². The van der Waals surface area contributed by atoms with Crippen LogP contribution in [0.4, 0.5) is 5.82 Å². The number of hydrogen-bond acceptors (Lipinski definition) is 4. The van der Waals surface area contributed by atoms with Crippen molar-refractivity contribution in [3.05, 3.63) is 17.5 Å². The normalized spacial score (nSPS) is 27.1. The number of piperazine rings is 1. The van der Waals surface area contributed by atoms with Crippen LogP contribution in [-0.4, -0.2) is 47.1 Å². The standard InChI is InChI=1S/C11H17ClN4/c1-8-5-16(6-9(2)15(8)3)11-4-10(12)13-7-14-11/h4,7-9H,5-6H2,1-3H3. The van der Waals surface area contributed by atoms with E-state index in [1.54, 1.807) is 0 Å². The SMILES string of the molecule is CC1CN(c2cc(Cl)ncn2)CC(C)N1C. The summed E-state index contributed by atoms with van der Waals surface area (Å²) in [6.45, 7) is 6.42. The summed E-state index contributed by atoms with van der Waals surface area (Å²) in [5.74, 6) is 0.923. The predicted molar refractivity (Wildman–Crippen MR) is 65.9 cm³/mol. The number of rotatable bonds is 1. The predicted octanol–water partition coefficient (Wildman–Crippen LogP) is 1.66. The largest absolute Gasteiger partial charge is 0.353 e. The van der Waals surface area contributed by atoms with Crippen molar-refractivity contribution < 1.29 is 0 Å². The van der Waals surface area contributed by atoms with Crippen LogP contribution in [0, 0.1) is 0 Å². The number of likely N-dealkylation sites (N-methyl/N-ethyl adjacent to an activating group) is 1. The Labute approximate surface area is 101 Å². The number of hydrogen-bond donors (Lipinski definition) is 0. The van der Waals surface area contributed by atoms with Crippen LogP contribution in [-0.2, 0) is 0 Å². The number of anilines is 1. The van der Waals surface area contributed by atoms with Crippen molar-refractivity contribution in [1.82, 2.24) is 14.9 Å². The van der Waals surface area contributed by atoms with E-state index >= 15 is 0 Å². The highest BCUT2D eigenvalue weighted by atomic mass is 35.5. The van der Waals surface area contributed by atoms with E-state index < -0.39 is 0 Å². The van der Waals surface area contributed by atoms with Crippen LogP contribution in [0.5, 0.6) is 0 Å². The highest BCUT2D eigenvalue weighted by Gasteiger charge is 2.27. The van der Waals surface area contributed by atoms with E-state index in [9.17, 15) is 0 Å². The van der Waals surface area contributed by atoms with Gasteiger partial charge in [-0.25, -0.2) is 9.97 Å². The highest BCUT2D eigenvalue weighted by Crippen LogP contribution is 2.20. The summed E-state index contributed by atoms with van der Waals surface area (Å²) in [5, 5.41) is 0.504. The fourth-order valence-corrected chi connectivity index (χ4v) is 2.23. The van der Waals surface area contributed by atoms with Crippen molar-refractivity contribution >= 4 is 17.4 Å². The maximum atomic E-state index is 5.88. The number of aromatic nitrogens is 2. The molecular weight excluding hydrogens is 224 g/mol. The smallest absolute Gasteiger partial charge is 0.134 e. The Morgan fingerprint density at radius 2 is 1.88 bits per heavy atom. The molecule has 2 unspecified atom stereocenters. The summed E-state index contributed by atoms with van der Waals surface area (Å²) in [7, 11) is 2.17. The molecule has 0 aromatic carbocycles. The molecule has 2 rings (SSSR count). The molecule has 1 aliphatic rings. The average molecular weight is 241 g/mol. The second-order valence-electron chi connectivity index (χ2n) is 4.47. The minimum absolute atomic E-state index is 0.504. The zero-order chi connectivity index (χ0) is 11.7. The molecule has 0 aliphatic carbocycles. The van der Waals surface area contributed by atoms with Gasteiger partial charge in [0.1, 0.15) is 17.3 Å². The first kappa shape index (κ1) is 11.6. The molecule has 0 bridgehead atoms. The van der Waals surface area contributed by atoms with E-state index in [0.717, 1.165) is 18.9 Å². The Kier molecular flexibility index (Phi) is 3.30. The van der Waals surface area contributed by atoms with Crippen LogP contribution in [0.25, 0.3) is 0 Å². The van der Waals surface area contributed by atoms with E-state index in [1.807, 2.05) is 6.07 Å². The van der Waals surface area contributed by atoms with Crippen LogP contribution < -0.4 is 4.90 Å². The third kappa shape index (κ3) is 2.28. The van der Waals surface area contributed by atoms with Gasteiger partial charge in [-0.3, -0.25) is 4.90 Å². The lowest BCUT2D eigenvalue weighted by Gasteiger charge is -2.42. The van der Waals surface area contributed by atoms with E-state index in [-0.39, 0.29) is 0 Å². The van der Waals surface area contributed by atoms with Gasteiger partial charge in [-0.1, -0.05) is 11.6 Å². The minimum Gasteiger partial charge on any atom is -0.353 e. The molecule has 1 aromatic rings. The quantitative estimate of drug-likeness (QED) is 0.699. The van der Waals surface area contributed by atoms with Crippen molar-refractivity contribution in [2.24, 2.45) is 0 Å². The molecule has 88 valence electrons. The van der Waals surface area contributed by atoms with Crippen LogP contribution >= 0.6 is 11.6 Å². The second kappa shape index (κ2) is 4.55. The first-order chi connectivity index (χ1) is 7.58. The Morgan fingerprint density at radius 1 is 1.25 bits per heavy atom. The third-order valence-electron chi connectivity index (χ3n) is 3.30. The van der Waals surface area contributed by atoms with E-state index in [4.69, 9.17) is 11.6 Å². The number of nitrogens with zero attached hydrogens (tertiary/aromatic N) is 4. The van der Waals surface area contributed by atoms with Gasteiger partial charge in [-0.15, -0.1) is 0 Å². The van der Waals surface area contributed by atoms with Gasteiger partial charge in [0.05, 0.1) is 0 Å². The molecule has 1 aromatic heterocycles. The molecule has 0 radical (unpaired) electrons. The molecule has 1 saturated heterocycles. The maximum Gasteiger partial charge on any atom is 0.134 e. The van der Waals surface area contributed by atoms with Gasteiger partial charge in [-0.2, -0.15) is 0 Å². The van der Waals surface area contributed by atoms with Crippen LogP contribution in [0.1, 0.15) is 13.8 Å². The zero-order valence-corrected chi connectivity index (χ0v) is 10.6. The summed E-state index contributed by atoms with van der Waals surface area (Å²) in [6, 6.07) is 2.88. The van der Waals surface area contributed by atoms with Crippen molar-refractivity contribution in [2.75, 3.05) is 25.0 Å². The molecule has 1 fully saturated rings. The molecular formula is C11H17ClN4. The second-order valence-corrected chi connectivity index (χ2v) is 4.85. The minimum atomic E-state index is 0.504. The van der Waals surface area contributed by atoms with Gasteiger partial charge in [0.15, 0.2) is 0 Å². The summed E-state index contributed by atoms with van der Waals surface area (Å²) < 4.78 is 0. The first-order valence-electron chi connectivity index (χ1n) is 5.52. The maximum absolute atomic E-state index is 5.88. The fourth-order valence-electron chi connectivity index (χ4n) is 2.09. The third-order valence-corrected chi connectivity index (χ3v) is 3.51. The van der Waals surface area contributed by atoms with Crippen molar-refractivity contribution in [3.8, 4) is 0 Å². The summed E-state index contributed by atoms with van der Waals surface area (Å²) in [4.78, 5) is 12.8. The van der Waals surface area contributed by atoms with Crippen molar-refractivity contribution in [1.29, 1.82) is 0 Å². The highest BCUT2D eigenvalue weighted by molar-refractivity contribution is 6.29. The van der Waals surface area contributed by atoms with Crippen molar-refractivity contribution in [3.63, 3.8) is 0 Å². The summed E-state index contributed by atoms with van der Waals surface area (Å²) >= 11 is 5.88. The first-order valence-corrected chi connectivity index (χ1v) is 5.90. The lowest BCUT2D eigenvalue weighted by Crippen LogP contribution is -2.55. The van der Waals surface area contributed by atoms with Crippen LogP contribution in [0.15, 0.2) is 12.4 Å². The summed E-state index contributed by atoms with van der Waals surface area (Å²) in [6.07, 6.45) is 1.52. The monoisotopic (exact) mass is 240 g/mol. The fraction of sp³-hybridized carbons (Fsp3) is 0.636. The van der Waals surface area contributed by atoms with Crippen molar-refractivity contribution in [2.45, 2.75) is 25.9 Å². The Bertz CT molecular complexity index is 359. The Balaban J connectivity index is 2.17. The molecule has 0 saturated carbocycles. The molecule has 0 N–H and O–H groups in total. The average Bonchev–Trinajstić information content (AvgIpc) is 2.25. The Morgan fingerprint density at radius 3 is 2.44 bits per heavy atom. The number of halogens is 1. The van der Waals surface area contributed by atoms with E-state index in [1.165, 1.54) is 6.33 Å². The van der Waals surface area contributed by atoms with Gasteiger partial charge < -0.3 is 4.90 Å². The molecule has 16 heavy (non-hydrogen) atoms. The molecule has 1 aliphatic heterocycles. The Hall–Kier alpha value is -0.870. The van der Waals surface area contributed by atoms with E-state index in [2.05, 4.69) is 40.7 Å². The summed E-state index contributed by atoms with van der Waals surface area (Å²) in [5.41, 5.74) is 0. The van der Waals surface area contributed by atoms with Gasteiger partial charge in [0, 0.05) is 31.2 Å². The molecule has 2 heterocycles. The topological polar surface area (TPSA) is 32.3 Å². The van der Waals surface area contributed by atoms with Gasteiger partial charge >= 0.3 is 0 Å². The van der Waals surface area contributed by atoms with Gasteiger partial charge in [0.2, 0.25) is 0 Å². The molecule has 0 amide bonds. The van der Waals surface area contributed by atoms with Crippen LogP contribution in [0.3, 0.4) is 0 Å². The molecule has 5 heteroatoms. The van der Waals surface area contributed by atoms with Crippen LogP contribution in [0.2, 0.25) is 5.15 Å².